The van der Waals surface area contributed by atoms with E-state index in [0.717, 1.165) is 11.1 Å². The SMILES string of the molecule is OC1=CC23NC(O)=CC=C2C=CC=C3C=C1. The number of hydrogen-bond acceptors (Lipinski definition) is 3. The first-order chi connectivity index (χ1) is 7.71. The Labute approximate surface area is 93.1 Å². The molecular weight excluding hydrogens is 202 g/mol. The van der Waals surface area contributed by atoms with Crippen LogP contribution in [0.25, 0.3) is 0 Å². The van der Waals surface area contributed by atoms with Crippen LogP contribution in [0.3, 0.4) is 0 Å². The molecular formula is C13H11NO2. The molecule has 0 saturated carbocycles. The van der Waals surface area contributed by atoms with Gasteiger partial charge in [-0.25, -0.2) is 0 Å². The van der Waals surface area contributed by atoms with Gasteiger partial charge in [-0.2, -0.15) is 0 Å². The summed E-state index contributed by atoms with van der Waals surface area (Å²) in [7, 11) is 0. The van der Waals surface area contributed by atoms with Crippen molar-refractivity contribution in [2.75, 3.05) is 0 Å². The van der Waals surface area contributed by atoms with Crippen molar-refractivity contribution >= 4 is 0 Å². The van der Waals surface area contributed by atoms with Gasteiger partial charge in [-0.3, -0.25) is 0 Å². The molecule has 1 aliphatic heterocycles. The van der Waals surface area contributed by atoms with E-state index in [1.54, 1.807) is 18.2 Å². The van der Waals surface area contributed by atoms with Crippen LogP contribution < -0.4 is 5.32 Å². The van der Waals surface area contributed by atoms with Crippen molar-refractivity contribution < 1.29 is 10.2 Å². The number of aliphatic hydroxyl groups is 2. The van der Waals surface area contributed by atoms with Crippen molar-refractivity contribution in [3.63, 3.8) is 0 Å². The number of allylic oxidation sites excluding steroid dienone is 5. The summed E-state index contributed by atoms with van der Waals surface area (Å²) in [6.45, 7) is 0. The Morgan fingerprint density at radius 2 is 1.75 bits per heavy atom. The molecule has 16 heavy (non-hydrogen) atoms. The molecule has 3 rings (SSSR count). The maximum absolute atomic E-state index is 9.62. The molecule has 0 radical (unpaired) electrons. The van der Waals surface area contributed by atoms with Gasteiger partial charge in [0.25, 0.3) is 0 Å². The molecule has 1 heterocycles. The Morgan fingerprint density at radius 1 is 0.938 bits per heavy atom. The molecule has 0 bridgehead atoms. The molecule has 3 heteroatoms. The van der Waals surface area contributed by atoms with Gasteiger partial charge in [0.2, 0.25) is 0 Å². The second-order valence-electron chi connectivity index (χ2n) is 3.99. The van der Waals surface area contributed by atoms with Crippen LogP contribution in [0.5, 0.6) is 0 Å². The quantitative estimate of drug-likeness (QED) is 0.578. The van der Waals surface area contributed by atoms with Gasteiger partial charge in [0.1, 0.15) is 11.3 Å². The van der Waals surface area contributed by atoms with Crippen molar-refractivity contribution in [1.82, 2.24) is 5.32 Å². The average molecular weight is 213 g/mol. The molecule has 2 aliphatic carbocycles. The predicted octanol–water partition coefficient (Wildman–Crippen LogP) is 2.16. The molecule has 0 aromatic carbocycles. The Morgan fingerprint density at radius 3 is 2.62 bits per heavy atom. The van der Waals surface area contributed by atoms with Gasteiger partial charge in [-0.15, -0.1) is 0 Å². The normalized spacial score (nSPS) is 30.2. The van der Waals surface area contributed by atoms with Crippen LogP contribution in [0.15, 0.2) is 71.4 Å². The Hall–Kier alpha value is -2.16. The molecule has 0 amide bonds. The van der Waals surface area contributed by atoms with Crippen molar-refractivity contribution in [2.45, 2.75) is 5.54 Å². The molecule has 0 fully saturated rings. The van der Waals surface area contributed by atoms with Crippen molar-refractivity contribution in [2.24, 2.45) is 0 Å². The number of nitrogens with one attached hydrogen (secondary N) is 1. The Kier molecular flexibility index (Phi) is 1.66. The highest BCUT2D eigenvalue weighted by Crippen LogP contribution is 2.38. The van der Waals surface area contributed by atoms with Gasteiger partial charge < -0.3 is 15.5 Å². The summed E-state index contributed by atoms with van der Waals surface area (Å²) in [5, 5.41) is 22.2. The molecule has 3 aliphatic rings. The van der Waals surface area contributed by atoms with E-state index >= 15 is 0 Å². The molecule has 1 atom stereocenters. The van der Waals surface area contributed by atoms with E-state index in [1.165, 1.54) is 0 Å². The maximum atomic E-state index is 9.62. The predicted molar refractivity (Wildman–Crippen MR) is 61.7 cm³/mol. The lowest BCUT2D eigenvalue weighted by Gasteiger charge is -2.40. The summed E-state index contributed by atoms with van der Waals surface area (Å²) >= 11 is 0. The highest BCUT2D eigenvalue weighted by molar-refractivity contribution is 5.62. The Balaban J connectivity index is 2.22. The van der Waals surface area contributed by atoms with Gasteiger partial charge in [0.05, 0.1) is 0 Å². The van der Waals surface area contributed by atoms with Crippen LogP contribution in [-0.4, -0.2) is 15.8 Å². The zero-order chi connectivity index (χ0) is 11.2. The smallest absolute Gasteiger partial charge is 0.185 e. The Bertz CT molecular complexity index is 532. The zero-order valence-electron chi connectivity index (χ0n) is 8.51. The van der Waals surface area contributed by atoms with E-state index in [4.69, 9.17) is 0 Å². The first-order valence-corrected chi connectivity index (χ1v) is 5.09. The maximum Gasteiger partial charge on any atom is 0.185 e. The topological polar surface area (TPSA) is 52.5 Å². The highest BCUT2D eigenvalue weighted by atomic mass is 16.3. The first kappa shape index (κ1) is 9.09. The van der Waals surface area contributed by atoms with Crippen LogP contribution in [0.4, 0.5) is 0 Å². The lowest BCUT2D eigenvalue weighted by molar-refractivity contribution is 0.329. The van der Waals surface area contributed by atoms with Crippen LogP contribution in [-0.2, 0) is 0 Å². The summed E-state index contributed by atoms with van der Waals surface area (Å²) in [6.07, 6.45) is 14.5. The third-order valence-electron chi connectivity index (χ3n) is 3.01. The van der Waals surface area contributed by atoms with Crippen molar-refractivity contribution in [3.05, 3.63) is 71.4 Å². The lowest BCUT2D eigenvalue weighted by atomic mass is 9.75. The minimum absolute atomic E-state index is 0.101. The second-order valence-corrected chi connectivity index (χ2v) is 3.99. The molecule has 80 valence electrons. The largest absolute Gasteiger partial charge is 0.508 e. The second kappa shape index (κ2) is 2.92. The van der Waals surface area contributed by atoms with E-state index < -0.39 is 5.54 Å². The van der Waals surface area contributed by atoms with Gasteiger partial charge in [-0.05, 0) is 29.4 Å². The van der Waals surface area contributed by atoms with Crippen LogP contribution in [0.2, 0.25) is 0 Å². The van der Waals surface area contributed by atoms with Gasteiger partial charge >= 0.3 is 0 Å². The third kappa shape index (κ3) is 1.08. The monoisotopic (exact) mass is 213 g/mol. The third-order valence-corrected chi connectivity index (χ3v) is 3.01. The molecule has 1 spiro atoms. The average Bonchev–Trinajstić information content (AvgIpc) is 2.25. The molecule has 1 unspecified atom stereocenters. The number of aliphatic hydroxyl groups excluding tert-OH is 2. The van der Waals surface area contributed by atoms with E-state index in [-0.39, 0.29) is 11.6 Å². The zero-order valence-corrected chi connectivity index (χ0v) is 8.51. The van der Waals surface area contributed by atoms with E-state index in [2.05, 4.69) is 5.32 Å². The summed E-state index contributed by atoms with van der Waals surface area (Å²) < 4.78 is 0. The number of hydrogen-bond donors (Lipinski definition) is 3. The van der Waals surface area contributed by atoms with E-state index in [0.29, 0.717) is 0 Å². The number of dihydropyridines is 1. The lowest BCUT2D eigenvalue weighted by Crippen LogP contribution is -2.49. The van der Waals surface area contributed by atoms with Crippen LogP contribution >= 0.6 is 0 Å². The minimum Gasteiger partial charge on any atom is -0.508 e. The first-order valence-electron chi connectivity index (χ1n) is 5.09. The van der Waals surface area contributed by atoms with Crippen molar-refractivity contribution in [3.8, 4) is 0 Å². The fraction of sp³-hybridized carbons (Fsp3) is 0.0769. The molecule has 0 aromatic rings. The van der Waals surface area contributed by atoms with Gasteiger partial charge in [-0.1, -0.05) is 30.4 Å². The summed E-state index contributed by atoms with van der Waals surface area (Å²) in [5.74, 6) is 0.296. The fourth-order valence-electron chi connectivity index (χ4n) is 2.26. The fourth-order valence-corrected chi connectivity index (χ4v) is 2.26. The molecule has 0 saturated heterocycles. The van der Waals surface area contributed by atoms with Gasteiger partial charge in [0, 0.05) is 0 Å². The van der Waals surface area contributed by atoms with E-state index in [9.17, 15) is 10.2 Å². The van der Waals surface area contributed by atoms with Crippen LogP contribution in [0.1, 0.15) is 0 Å². The highest BCUT2D eigenvalue weighted by Gasteiger charge is 2.39. The minimum atomic E-state index is -0.619. The summed E-state index contributed by atoms with van der Waals surface area (Å²) in [5.41, 5.74) is 1.38. The standard InChI is InChI=1S/C13H11NO2/c15-11-6-4-9-2-1-3-10-5-7-12(16)14-13(9,10)8-11/h1-8,14-16H. The van der Waals surface area contributed by atoms with Gasteiger partial charge in [0.15, 0.2) is 5.88 Å². The molecule has 0 aromatic heterocycles. The van der Waals surface area contributed by atoms with E-state index in [1.807, 2.05) is 30.4 Å². The number of rotatable bonds is 0. The summed E-state index contributed by atoms with van der Waals surface area (Å²) in [6, 6.07) is 0. The van der Waals surface area contributed by atoms with Crippen LogP contribution in [0, 0.1) is 0 Å². The van der Waals surface area contributed by atoms with Crippen molar-refractivity contribution in [1.29, 1.82) is 0 Å². The molecule has 3 nitrogen and oxygen atoms in total. The summed E-state index contributed by atoms with van der Waals surface area (Å²) in [4.78, 5) is 0. The molecule has 3 N–H and O–H groups in total.